The number of carbonyl (C=O) groups is 2. The number of ether oxygens (including phenoxy) is 8. The number of esters is 2. The molecule has 0 amide bonds. The van der Waals surface area contributed by atoms with Gasteiger partial charge in [-0.25, -0.2) is 0 Å². The molecule has 0 aliphatic carbocycles. The van der Waals surface area contributed by atoms with Gasteiger partial charge >= 0.3 is 11.9 Å². The summed E-state index contributed by atoms with van der Waals surface area (Å²) in [5, 5.41) is 11.8. The van der Waals surface area contributed by atoms with Crippen LogP contribution < -0.4 is 28.4 Å². The SMILES string of the molecule is CCOC(=O)C[C@]1(O)Oc2cc3c(cc2[C@@H](c2cc(OC)c(OC)c(OC)c2)[C@H]1C(=O)OCC)OCO3. The van der Waals surface area contributed by atoms with Crippen LogP contribution in [0.1, 0.15) is 37.3 Å². The number of hydrogen-bond donors (Lipinski definition) is 1. The predicted octanol–water partition coefficient (Wildman–Crippen LogP) is 2.79. The van der Waals surface area contributed by atoms with E-state index in [1.54, 1.807) is 38.1 Å². The zero-order valence-corrected chi connectivity index (χ0v) is 21.3. The lowest BCUT2D eigenvalue weighted by molar-refractivity contribution is -0.214. The molecule has 0 unspecified atom stereocenters. The number of fused-ring (bicyclic) bond motifs is 2. The number of hydrogen-bond acceptors (Lipinski definition) is 11. The highest BCUT2D eigenvalue weighted by atomic mass is 16.7. The Labute approximate surface area is 214 Å². The fourth-order valence-corrected chi connectivity index (χ4v) is 4.73. The summed E-state index contributed by atoms with van der Waals surface area (Å²) >= 11 is 0. The molecule has 0 radical (unpaired) electrons. The van der Waals surface area contributed by atoms with E-state index in [2.05, 4.69) is 0 Å². The largest absolute Gasteiger partial charge is 0.493 e. The van der Waals surface area contributed by atoms with E-state index in [-0.39, 0.29) is 25.8 Å². The average molecular weight is 519 g/mol. The minimum absolute atomic E-state index is 0.00146. The summed E-state index contributed by atoms with van der Waals surface area (Å²) in [4.78, 5) is 26.0. The Balaban J connectivity index is 1.98. The first kappa shape index (κ1) is 26.2. The minimum Gasteiger partial charge on any atom is -0.493 e. The molecule has 0 saturated heterocycles. The third-order valence-corrected chi connectivity index (χ3v) is 6.24. The number of aliphatic hydroxyl groups is 1. The van der Waals surface area contributed by atoms with Gasteiger partial charge in [-0.1, -0.05) is 0 Å². The lowest BCUT2D eigenvalue weighted by atomic mass is 9.73. The van der Waals surface area contributed by atoms with E-state index in [4.69, 9.17) is 37.9 Å². The Bertz CT molecular complexity index is 1150. The van der Waals surface area contributed by atoms with Crippen LogP contribution in [0.5, 0.6) is 34.5 Å². The maximum atomic E-state index is 13.5. The third kappa shape index (κ3) is 4.78. The molecule has 2 heterocycles. The van der Waals surface area contributed by atoms with Gasteiger partial charge in [0.05, 0.1) is 34.5 Å². The van der Waals surface area contributed by atoms with Crippen molar-refractivity contribution < 1.29 is 52.6 Å². The normalized spacial score (nSPS) is 21.4. The molecule has 1 N–H and O–H groups in total. The molecule has 0 fully saturated rings. The van der Waals surface area contributed by atoms with Crippen LogP contribution in [0, 0.1) is 5.92 Å². The highest BCUT2D eigenvalue weighted by Crippen LogP contribution is 2.54. The van der Waals surface area contributed by atoms with Gasteiger partial charge in [-0.3, -0.25) is 9.59 Å². The molecule has 2 aliphatic rings. The number of rotatable bonds is 9. The molecule has 4 rings (SSSR count). The topological polar surface area (TPSA) is 128 Å². The van der Waals surface area contributed by atoms with Gasteiger partial charge in [0.15, 0.2) is 23.0 Å². The van der Waals surface area contributed by atoms with Crippen LogP contribution in [-0.4, -0.2) is 64.2 Å². The van der Waals surface area contributed by atoms with Crippen LogP contribution in [0.2, 0.25) is 0 Å². The summed E-state index contributed by atoms with van der Waals surface area (Å²) in [5.41, 5.74) is 1.02. The number of carbonyl (C=O) groups excluding carboxylic acids is 2. The Kier molecular flexibility index (Phi) is 7.53. The Hall–Kier alpha value is -3.86. The zero-order valence-electron chi connectivity index (χ0n) is 21.3. The van der Waals surface area contributed by atoms with Gasteiger partial charge in [0, 0.05) is 17.5 Å². The second-order valence-corrected chi connectivity index (χ2v) is 8.34. The van der Waals surface area contributed by atoms with Gasteiger partial charge in [-0.2, -0.15) is 0 Å². The van der Waals surface area contributed by atoms with Gasteiger partial charge in [0.1, 0.15) is 18.1 Å². The molecule has 200 valence electrons. The molecule has 2 aliphatic heterocycles. The van der Waals surface area contributed by atoms with Crippen molar-refractivity contribution in [2.45, 2.75) is 32.0 Å². The lowest BCUT2D eigenvalue weighted by Gasteiger charge is -2.43. The van der Waals surface area contributed by atoms with E-state index in [9.17, 15) is 14.7 Å². The Morgan fingerprint density at radius 1 is 0.919 bits per heavy atom. The van der Waals surface area contributed by atoms with Crippen molar-refractivity contribution in [3.8, 4) is 34.5 Å². The first-order chi connectivity index (χ1) is 17.8. The molecule has 2 aromatic rings. The number of methoxy groups -OCH3 is 3. The van der Waals surface area contributed by atoms with Crippen LogP contribution in [0.3, 0.4) is 0 Å². The van der Waals surface area contributed by atoms with Crippen molar-refractivity contribution in [1.82, 2.24) is 0 Å². The van der Waals surface area contributed by atoms with Crippen LogP contribution >= 0.6 is 0 Å². The Morgan fingerprint density at radius 3 is 2.11 bits per heavy atom. The average Bonchev–Trinajstić information content (AvgIpc) is 3.33. The summed E-state index contributed by atoms with van der Waals surface area (Å²) in [6.45, 7) is 3.42. The van der Waals surface area contributed by atoms with Gasteiger partial charge in [-0.15, -0.1) is 0 Å². The van der Waals surface area contributed by atoms with Crippen molar-refractivity contribution in [2.75, 3.05) is 41.3 Å². The van der Waals surface area contributed by atoms with Gasteiger partial charge in [0.2, 0.25) is 18.3 Å². The van der Waals surface area contributed by atoms with E-state index in [0.717, 1.165) is 0 Å². The van der Waals surface area contributed by atoms with Crippen LogP contribution in [0.4, 0.5) is 0 Å². The monoisotopic (exact) mass is 518 g/mol. The predicted molar refractivity (Wildman–Crippen MR) is 127 cm³/mol. The molecule has 0 aromatic heterocycles. The van der Waals surface area contributed by atoms with Gasteiger partial charge in [0.25, 0.3) is 0 Å². The summed E-state index contributed by atoms with van der Waals surface area (Å²) in [5.74, 6) is -4.03. The fourth-order valence-electron chi connectivity index (χ4n) is 4.73. The first-order valence-corrected chi connectivity index (χ1v) is 11.8. The van der Waals surface area contributed by atoms with Crippen LogP contribution in [0.15, 0.2) is 24.3 Å². The summed E-state index contributed by atoms with van der Waals surface area (Å²) in [6.07, 6.45) is -0.626. The standard InChI is InChI=1S/C26H30O11/c1-6-33-21(27)12-26(29)23(25(28)34-7-2)22(14-8-19(30-3)24(32-5)20(9-14)31-4)15-10-17-18(36-13-35-17)11-16(15)37-26/h8-11,22-23,29H,6-7,12-13H2,1-5H3/t22-,23+,26+/m1/s1. The molecule has 0 bridgehead atoms. The van der Waals surface area contributed by atoms with Crippen LogP contribution in [-0.2, 0) is 19.1 Å². The molecular formula is C26H30O11. The molecule has 11 nitrogen and oxygen atoms in total. The fraction of sp³-hybridized carbons (Fsp3) is 0.462. The molecule has 0 spiro atoms. The molecule has 3 atom stereocenters. The van der Waals surface area contributed by atoms with Gasteiger partial charge < -0.3 is 43.0 Å². The van der Waals surface area contributed by atoms with E-state index < -0.39 is 36.0 Å². The second kappa shape index (κ2) is 10.6. The molecule has 11 heteroatoms. The summed E-state index contributed by atoms with van der Waals surface area (Å²) in [6, 6.07) is 6.58. The summed E-state index contributed by atoms with van der Waals surface area (Å²) < 4.78 is 44.0. The first-order valence-electron chi connectivity index (χ1n) is 11.8. The second-order valence-electron chi connectivity index (χ2n) is 8.34. The van der Waals surface area contributed by atoms with E-state index >= 15 is 0 Å². The minimum atomic E-state index is -2.32. The molecule has 37 heavy (non-hydrogen) atoms. The molecular weight excluding hydrogens is 488 g/mol. The highest BCUT2D eigenvalue weighted by molar-refractivity contribution is 5.80. The van der Waals surface area contributed by atoms with Crippen molar-refractivity contribution in [3.63, 3.8) is 0 Å². The van der Waals surface area contributed by atoms with Crippen molar-refractivity contribution >= 4 is 11.9 Å². The van der Waals surface area contributed by atoms with Gasteiger partial charge in [-0.05, 0) is 37.6 Å². The highest BCUT2D eigenvalue weighted by Gasteiger charge is 2.56. The molecule has 2 aromatic carbocycles. The van der Waals surface area contributed by atoms with Crippen LogP contribution in [0.25, 0.3) is 0 Å². The van der Waals surface area contributed by atoms with E-state index in [1.165, 1.54) is 21.3 Å². The van der Waals surface area contributed by atoms with Crippen molar-refractivity contribution in [1.29, 1.82) is 0 Å². The van der Waals surface area contributed by atoms with E-state index in [1.807, 2.05) is 0 Å². The summed E-state index contributed by atoms with van der Waals surface area (Å²) in [7, 11) is 4.41. The smallest absolute Gasteiger partial charge is 0.316 e. The maximum absolute atomic E-state index is 13.5. The third-order valence-electron chi connectivity index (χ3n) is 6.24. The maximum Gasteiger partial charge on any atom is 0.316 e. The molecule has 0 saturated carbocycles. The quantitative estimate of drug-likeness (QED) is 0.492. The number of benzene rings is 2. The van der Waals surface area contributed by atoms with Crippen molar-refractivity contribution in [2.24, 2.45) is 5.92 Å². The van der Waals surface area contributed by atoms with Crippen molar-refractivity contribution in [3.05, 3.63) is 35.4 Å². The Morgan fingerprint density at radius 2 is 1.54 bits per heavy atom. The van der Waals surface area contributed by atoms with E-state index in [0.29, 0.717) is 39.9 Å². The lowest BCUT2D eigenvalue weighted by Crippen LogP contribution is -2.54. The zero-order chi connectivity index (χ0) is 26.7.